The lowest BCUT2D eigenvalue weighted by molar-refractivity contribution is 0.258. The molecule has 0 atom stereocenters. The van der Waals surface area contributed by atoms with Gasteiger partial charge in [0.05, 0.1) is 25.5 Å². The molecule has 0 radical (unpaired) electrons. The number of hydrogen-bond donors (Lipinski definition) is 0. The van der Waals surface area contributed by atoms with E-state index in [1.54, 1.807) is 33.9 Å². The summed E-state index contributed by atoms with van der Waals surface area (Å²) in [6, 6.07) is 3.32. The van der Waals surface area contributed by atoms with Gasteiger partial charge in [-0.3, -0.25) is 4.68 Å². The van der Waals surface area contributed by atoms with Gasteiger partial charge in [0.25, 0.3) is 10.0 Å². The number of nitrogens with zero attached hydrogens (tertiary/aromatic N) is 5. The zero-order valence-electron chi connectivity index (χ0n) is 11.6. The van der Waals surface area contributed by atoms with Crippen molar-refractivity contribution >= 4 is 15.8 Å². The second-order valence-corrected chi connectivity index (χ2v) is 7.45. The minimum atomic E-state index is -3.57. The monoisotopic (exact) mass is 307 g/mol. The SMILES string of the molecule is O=S(=O)(c1ccnn1CC1CCC1)N1CCn2nccc21. The van der Waals surface area contributed by atoms with Crippen molar-refractivity contribution in [2.45, 2.75) is 37.4 Å². The fourth-order valence-electron chi connectivity index (χ4n) is 2.96. The Morgan fingerprint density at radius 3 is 2.71 bits per heavy atom. The van der Waals surface area contributed by atoms with E-state index in [4.69, 9.17) is 0 Å². The highest BCUT2D eigenvalue weighted by Gasteiger charge is 2.34. The Morgan fingerprint density at radius 2 is 1.95 bits per heavy atom. The van der Waals surface area contributed by atoms with E-state index in [1.807, 2.05) is 0 Å². The van der Waals surface area contributed by atoms with Crippen molar-refractivity contribution in [1.29, 1.82) is 0 Å². The first kappa shape index (κ1) is 12.9. The molecule has 1 fully saturated rings. The van der Waals surface area contributed by atoms with E-state index in [1.165, 1.54) is 10.7 Å². The van der Waals surface area contributed by atoms with Crippen molar-refractivity contribution in [2.24, 2.45) is 5.92 Å². The van der Waals surface area contributed by atoms with E-state index < -0.39 is 10.0 Å². The molecule has 2 aromatic heterocycles. The normalized spacial score (nSPS) is 18.8. The largest absolute Gasteiger partial charge is 0.282 e. The van der Waals surface area contributed by atoms with Crippen molar-refractivity contribution in [3.63, 3.8) is 0 Å². The molecule has 0 aromatic carbocycles. The Kier molecular flexibility index (Phi) is 2.81. The second kappa shape index (κ2) is 4.59. The Balaban J connectivity index is 1.68. The van der Waals surface area contributed by atoms with Gasteiger partial charge in [0.1, 0.15) is 5.82 Å². The predicted molar refractivity (Wildman–Crippen MR) is 76.3 cm³/mol. The highest BCUT2D eigenvalue weighted by molar-refractivity contribution is 7.92. The summed E-state index contributed by atoms with van der Waals surface area (Å²) in [6.45, 7) is 1.72. The van der Waals surface area contributed by atoms with Crippen LogP contribution in [0.1, 0.15) is 19.3 Å². The van der Waals surface area contributed by atoms with Gasteiger partial charge in [-0.15, -0.1) is 0 Å². The molecule has 8 heteroatoms. The molecule has 3 heterocycles. The lowest BCUT2D eigenvalue weighted by Crippen LogP contribution is -2.32. The van der Waals surface area contributed by atoms with Crippen molar-refractivity contribution < 1.29 is 8.42 Å². The predicted octanol–water partition coefficient (Wildman–Crippen LogP) is 1.09. The summed E-state index contributed by atoms with van der Waals surface area (Å²) in [5, 5.41) is 8.61. The van der Waals surface area contributed by atoms with E-state index in [9.17, 15) is 8.42 Å². The number of sulfonamides is 1. The highest BCUT2D eigenvalue weighted by Crippen LogP contribution is 2.31. The Morgan fingerprint density at radius 1 is 1.14 bits per heavy atom. The lowest BCUT2D eigenvalue weighted by Gasteiger charge is -2.26. The van der Waals surface area contributed by atoms with Gasteiger partial charge in [-0.25, -0.2) is 8.99 Å². The quantitative estimate of drug-likeness (QED) is 0.847. The molecular formula is C13H17N5O2S. The topological polar surface area (TPSA) is 73.0 Å². The van der Waals surface area contributed by atoms with Crippen molar-refractivity contribution in [3.8, 4) is 0 Å². The average Bonchev–Trinajstić information content (AvgIpc) is 3.08. The molecule has 7 nitrogen and oxygen atoms in total. The molecule has 0 spiro atoms. The summed E-state index contributed by atoms with van der Waals surface area (Å²) in [6.07, 6.45) is 6.76. The van der Waals surface area contributed by atoms with E-state index in [0.29, 0.717) is 31.4 Å². The minimum absolute atomic E-state index is 0.282. The van der Waals surface area contributed by atoms with Gasteiger partial charge in [0.2, 0.25) is 0 Å². The standard InChI is InChI=1S/C13H17N5O2S/c19-21(20,18-9-8-16-12(18)4-6-14-16)13-5-7-15-17(13)10-11-2-1-3-11/h4-7,11H,1-3,8-10H2. The zero-order chi connectivity index (χ0) is 14.4. The van der Waals surface area contributed by atoms with Crippen molar-refractivity contribution in [1.82, 2.24) is 19.6 Å². The van der Waals surface area contributed by atoms with Gasteiger partial charge in [-0.05, 0) is 24.8 Å². The second-order valence-electron chi connectivity index (χ2n) is 5.64. The molecular weight excluding hydrogens is 290 g/mol. The van der Waals surface area contributed by atoms with Crippen LogP contribution < -0.4 is 4.31 Å². The summed E-state index contributed by atoms with van der Waals surface area (Å²) < 4.78 is 30.6. The van der Waals surface area contributed by atoms with E-state index in [-0.39, 0.29) is 5.03 Å². The summed E-state index contributed by atoms with van der Waals surface area (Å²) in [4.78, 5) is 0. The third kappa shape index (κ3) is 1.97. The van der Waals surface area contributed by atoms with Crippen LogP contribution >= 0.6 is 0 Å². The fourth-order valence-corrected chi connectivity index (χ4v) is 4.53. The molecule has 112 valence electrons. The molecule has 1 aliphatic heterocycles. The zero-order valence-corrected chi connectivity index (χ0v) is 12.4. The maximum absolute atomic E-state index is 12.9. The first-order valence-corrected chi connectivity index (χ1v) is 8.66. The van der Waals surface area contributed by atoms with Crippen molar-refractivity contribution in [3.05, 3.63) is 24.5 Å². The van der Waals surface area contributed by atoms with Crippen molar-refractivity contribution in [2.75, 3.05) is 10.8 Å². The maximum Gasteiger partial charge on any atom is 0.282 e. The smallest absolute Gasteiger partial charge is 0.252 e. The van der Waals surface area contributed by atoms with E-state index in [0.717, 1.165) is 12.8 Å². The van der Waals surface area contributed by atoms with Gasteiger partial charge in [0, 0.05) is 12.6 Å². The highest BCUT2D eigenvalue weighted by atomic mass is 32.2. The van der Waals surface area contributed by atoms with Gasteiger partial charge in [-0.2, -0.15) is 18.6 Å². The number of anilines is 1. The van der Waals surface area contributed by atoms with Crippen LogP contribution in [-0.2, 0) is 23.1 Å². The molecule has 0 unspecified atom stereocenters. The molecule has 2 aromatic rings. The van der Waals surface area contributed by atoms with Gasteiger partial charge in [-0.1, -0.05) is 6.42 Å². The van der Waals surface area contributed by atoms with Crippen LogP contribution in [0.3, 0.4) is 0 Å². The number of hydrogen-bond acceptors (Lipinski definition) is 4. The molecule has 4 rings (SSSR count). The van der Waals surface area contributed by atoms with Crippen LogP contribution in [0.4, 0.5) is 5.82 Å². The van der Waals surface area contributed by atoms with Crippen LogP contribution in [0.2, 0.25) is 0 Å². The summed E-state index contributed by atoms with van der Waals surface area (Å²) in [5.41, 5.74) is 0. The van der Waals surface area contributed by atoms with Gasteiger partial charge >= 0.3 is 0 Å². The third-order valence-corrected chi connectivity index (χ3v) is 6.18. The Labute approximate surface area is 123 Å². The average molecular weight is 307 g/mol. The Bertz CT molecular complexity index is 759. The molecule has 21 heavy (non-hydrogen) atoms. The molecule has 0 saturated heterocycles. The van der Waals surface area contributed by atoms with Crippen LogP contribution in [0.5, 0.6) is 0 Å². The molecule has 1 saturated carbocycles. The van der Waals surface area contributed by atoms with Crippen LogP contribution in [0, 0.1) is 5.92 Å². The molecule has 0 bridgehead atoms. The number of fused-ring (bicyclic) bond motifs is 1. The maximum atomic E-state index is 12.9. The molecule has 1 aliphatic carbocycles. The number of rotatable bonds is 4. The van der Waals surface area contributed by atoms with Gasteiger partial charge < -0.3 is 0 Å². The first-order chi connectivity index (χ1) is 10.2. The molecule has 0 N–H and O–H groups in total. The summed E-state index contributed by atoms with van der Waals surface area (Å²) >= 11 is 0. The van der Waals surface area contributed by atoms with Crippen LogP contribution in [0.25, 0.3) is 0 Å². The minimum Gasteiger partial charge on any atom is -0.252 e. The third-order valence-electron chi connectivity index (χ3n) is 4.35. The Hall–Kier alpha value is -1.83. The fraction of sp³-hybridized carbons (Fsp3) is 0.538. The first-order valence-electron chi connectivity index (χ1n) is 7.22. The summed E-state index contributed by atoms with van der Waals surface area (Å²) in [7, 11) is -3.57. The molecule has 0 amide bonds. The van der Waals surface area contributed by atoms with E-state index >= 15 is 0 Å². The molecule has 2 aliphatic rings. The van der Waals surface area contributed by atoms with Crippen LogP contribution in [-0.4, -0.2) is 34.5 Å². The van der Waals surface area contributed by atoms with Crippen LogP contribution in [0.15, 0.2) is 29.6 Å². The van der Waals surface area contributed by atoms with E-state index in [2.05, 4.69) is 10.2 Å². The number of aromatic nitrogens is 4. The van der Waals surface area contributed by atoms with Gasteiger partial charge in [0.15, 0.2) is 5.03 Å². The lowest BCUT2D eigenvalue weighted by atomic mass is 9.85. The summed E-state index contributed by atoms with van der Waals surface area (Å²) in [5.74, 6) is 1.19.